The Morgan fingerprint density at radius 1 is 0.478 bits per heavy atom. The van der Waals surface area contributed by atoms with Crippen LogP contribution in [0.4, 0.5) is 0 Å². The van der Waals surface area contributed by atoms with Crippen molar-refractivity contribution in [2.75, 3.05) is 39.6 Å². The van der Waals surface area contributed by atoms with Gasteiger partial charge in [-0.3, -0.25) is 4.79 Å². The van der Waals surface area contributed by atoms with E-state index in [1.807, 2.05) is 13.8 Å². The second-order valence-electron chi connectivity index (χ2n) is 20.6. The van der Waals surface area contributed by atoms with Gasteiger partial charge in [-0.25, -0.2) is 0 Å². The minimum absolute atomic E-state index is 0.0336. The van der Waals surface area contributed by atoms with Gasteiger partial charge in [0.15, 0.2) is 12.1 Å². The van der Waals surface area contributed by atoms with Crippen molar-refractivity contribution in [2.45, 2.75) is 322 Å². The van der Waals surface area contributed by atoms with Crippen molar-refractivity contribution in [3.63, 3.8) is 0 Å². The van der Waals surface area contributed by atoms with Crippen LogP contribution in [0.1, 0.15) is 267 Å². The lowest BCUT2D eigenvalue weighted by atomic mass is 9.97. The molecule has 0 aliphatic carbocycles. The Kier molecular flexibility index (Phi) is 38.8. The van der Waals surface area contributed by atoms with E-state index in [1.54, 1.807) is 0 Å². The highest BCUT2D eigenvalue weighted by molar-refractivity contribution is 5.76. The Balaban J connectivity index is 2.07. The van der Waals surface area contributed by atoms with Crippen LogP contribution in [-0.2, 0) is 42.7 Å². The molecule has 5 unspecified atom stereocenters. The molecule has 0 radical (unpaired) electrons. The summed E-state index contributed by atoms with van der Waals surface area (Å²) >= 11 is 0. The molecule has 8 atom stereocenters. The molecular formula is C57H111NO9. The van der Waals surface area contributed by atoms with Crippen LogP contribution in [0.15, 0.2) is 0 Å². The maximum atomic E-state index is 13.9. The van der Waals surface area contributed by atoms with E-state index in [2.05, 4.69) is 46.9 Å². The van der Waals surface area contributed by atoms with E-state index in [-0.39, 0.29) is 30.8 Å². The van der Waals surface area contributed by atoms with Gasteiger partial charge < -0.3 is 43.2 Å². The van der Waals surface area contributed by atoms with Gasteiger partial charge in [-0.2, -0.15) is 0 Å². The Bertz CT molecular complexity index is 1110. The lowest BCUT2D eigenvalue weighted by Crippen LogP contribution is -2.63. The summed E-state index contributed by atoms with van der Waals surface area (Å²) in [6.07, 6.45) is 36.1. The summed E-state index contributed by atoms with van der Waals surface area (Å²) < 4.78 is 53.3. The van der Waals surface area contributed by atoms with Crippen LogP contribution in [0, 0.1) is 0 Å². The summed E-state index contributed by atoms with van der Waals surface area (Å²) in [5.74, 6) is -0.739. The molecule has 2 heterocycles. The standard InChI is InChI=1S/C57H111NO9/c1-9-15-21-23-24-25-26-27-28-29-30-31-32-33-34-35-36-37-39-41-51(59)58-48(52-49(40-38-22-16-10-2)66-57(7,8)67-52)46-64-56-55(63-45-20-14-6)54(62-44-19-13-5)53(61-43-18-12-4)50(65-56)47-60-42-17-11-3/h48-50,52-56H,9-47H2,1-8H3,(H,58,59)/t48-,49+,50?,52-,53?,54?,55?,56?/m0/s1. The van der Waals surface area contributed by atoms with Crippen LogP contribution in [0.25, 0.3) is 0 Å². The molecule has 67 heavy (non-hydrogen) atoms. The largest absolute Gasteiger partial charge is 0.379 e. The van der Waals surface area contributed by atoms with E-state index in [0.29, 0.717) is 39.5 Å². The number of ether oxygens (including phenoxy) is 8. The number of carbonyl (C=O) groups is 1. The van der Waals surface area contributed by atoms with Gasteiger partial charge in [-0.05, 0) is 52.4 Å². The van der Waals surface area contributed by atoms with Crippen LogP contribution >= 0.6 is 0 Å². The molecule has 0 spiro atoms. The Morgan fingerprint density at radius 3 is 1.42 bits per heavy atom. The predicted molar refractivity (Wildman–Crippen MR) is 277 cm³/mol. The number of rotatable bonds is 47. The Morgan fingerprint density at radius 2 is 0.910 bits per heavy atom. The van der Waals surface area contributed by atoms with Crippen molar-refractivity contribution in [3.8, 4) is 0 Å². The molecule has 2 fully saturated rings. The van der Waals surface area contributed by atoms with Crippen molar-refractivity contribution in [3.05, 3.63) is 0 Å². The third-order valence-corrected chi connectivity index (χ3v) is 13.7. The number of unbranched alkanes of at least 4 members (excludes halogenated alkanes) is 25. The summed E-state index contributed by atoms with van der Waals surface area (Å²) in [6, 6.07) is -0.442. The first-order valence-electron chi connectivity index (χ1n) is 29.1. The van der Waals surface area contributed by atoms with Crippen molar-refractivity contribution in [2.24, 2.45) is 0 Å². The minimum atomic E-state index is -0.772. The maximum absolute atomic E-state index is 13.9. The third kappa shape index (κ3) is 29.3. The minimum Gasteiger partial charge on any atom is -0.379 e. The maximum Gasteiger partial charge on any atom is 0.220 e. The average molecular weight is 955 g/mol. The summed E-state index contributed by atoms with van der Waals surface area (Å²) in [5.41, 5.74) is 0. The van der Waals surface area contributed by atoms with Gasteiger partial charge in [0.2, 0.25) is 5.91 Å². The Labute approximate surface area is 414 Å². The van der Waals surface area contributed by atoms with E-state index in [1.165, 1.54) is 122 Å². The molecule has 2 rings (SSSR count). The molecular weight excluding hydrogens is 843 g/mol. The average Bonchev–Trinajstić information content (AvgIpc) is 3.63. The first-order chi connectivity index (χ1) is 32.7. The molecule has 0 aromatic carbocycles. The Hall–Kier alpha value is -0.850. The molecule has 2 aliphatic heterocycles. The van der Waals surface area contributed by atoms with E-state index >= 15 is 0 Å². The zero-order chi connectivity index (χ0) is 48.6. The monoisotopic (exact) mass is 954 g/mol. The fraction of sp³-hybridized carbons (Fsp3) is 0.982. The number of carbonyl (C=O) groups excluding carboxylic acids is 1. The van der Waals surface area contributed by atoms with Gasteiger partial charge >= 0.3 is 0 Å². The lowest BCUT2D eigenvalue weighted by molar-refractivity contribution is -0.325. The van der Waals surface area contributed by atoms with Gasteiger partial charge in [0, 0.05) is 32.8 Å². The smallest absolute Gasteiger partial charge is 0.220 e. The SMILES string of the molecule is CCCCCCCCCCCCCCCCCCCCCC(=O)N[C@@H](COC1OC(COCCCC)C(OCCCC)C(OCCCC)C1OCCCC)[C@@H]1OC(C)(C)O[C@@H]1CCCCCC. The van der Waals surface area contributed by atoms with Gasteiger partial charge in [0.25, 0.3) is 0 Å². The van der Waals surface area contributed by atoms with Gasteiger partial charge in [0.05, 0.1) is 25.4 Å². The van der Waals surface area contributed by atoms with E-state index in [9.17, 15) is 4.79 Å². The zero-order valence-electron chi connectivity index (χ0n) is 45.4. The molecule has 1 amide bonds. The molecule has 1 N–H and O–H groups in total. The second-order valence-corrected chi connectivity index (χ2v) is 20.6. The molecule has 0 aromatic rings. The quantitative estimate of drug-likeness (QED) is 0.0597. The summed E-state index contributed by atoms with van der Waals surface area (Å²) in [6.45, 7) is 20.2. The number of nitrogens with one attached hydrogen (secondary N) is 1. The second kappa shape index (κ2) is 41.7. The highest BCUT2D eigenvalue weighted by Gasteiger charge is 2.50. The van der Waals surface area contributed by atoms with E-state index < -0.39 is 36.4 Å². The summed E-state index contributed by atoms with van der Waals surface area (Å²) in [5, 5.41) is 3.40. The van der Waals surface area contributed by atoms with E-state index in [0.717, 1.165) is 83.5 Å². The fourth-order valence-corrected chi connectivity index (χ4v) is 9.51. The van der Waals surface area contributed by atoms with Crippen LogP contribution in [0.3, 0.4) is 0 Å². The molecule has 0 bridgehead atoms. The van der Waals surface area contributed by atoms with Gasteiger partial charge in [-0.1, -0.05) is 208 Å². The summed E-state index contributed by atoms with van der Waals surface area (Å²) in [4.78, 5) is 13.9. The van der Waals surface area contributed by atoms with Crippen molar-refractivity contribution in [1.82, 2.24) is 5.32 Å². The molecule has 10 heteroatoms. The molecule has 398 valence electrons. The zero-order valence-corrected chi connectivity index (χ0v) is 45.4. The number of hydrogen-bond donors (Lipinski definition) is 1. The first kappa shape index (κ1) is 62.3. The van der Waals surface area contributed by atoms with Crippen LogP contribution < -0.4 is 5.32 Å². The molecule has 10 nitrogen and oxygen atoms in total. The number of hydrogen-bond acceptors (Lipinski definition) is 9. The predicted octanol–water partition coefficient (Wildman–Crippen LogP) is 14.9. The van der Waals surface area contributed by atoms with Crippen LogP contribution in [0.2, 0.25) is 0 Å². The van der Waals surface area contributed by atoms with Crippen LogP contribution in [0.5, 0.6) is 0 Å². The van der Waals surface area contributed by atoms with E-state index in [4.69, 9.17) is 37.9 Å². The van der Waals surface area contributed by atoms with Gasteiger partial charge in [-0.15, -0.1) is 0 Å². The molecule has 2 saturated heterocycles. The van der Waals surface area contributed by atoms with Crippen molar-refractivity contribution >= 4 is 5.91 Å². The van der Waals surface area contributed by atoms with Crippen molar-refractivity contribution in [1.29, 1.82) is 0 Å². The first-order valence-corrected chi connectivity index (χ1v) is 29.1. The van der Waals surface area contributed by atoms with Gasteiger partial charge in [0.1, 0.15) is 30.5 Å². The summed E-state index contributed by atoms with van der Waals surface area (Å²) in [7, 11) is 0. The highest BCUT2D eigenvalue weighted by atomic mass is 16.8. The third-order valence-electron chi connectivity index (χ3n) is 13.7. The highest BCUT2D eigenvalue weighted by Crippen LogP contribution is 2.35. The fourth-order valence-electron chi connectivity index (χ4n) is 9.51. The lowest BCUT2D eigenvalue weighted by Gasteiger charge is -2.46. The molecule has 2 aliphatic rings. The van der Waals surface area contributed by atoms with Crippen LogP contribution in [-0.4, -0.2) is 100 Å². The normalized spacial score (nSPS) is 23.3. The molecule has 0 saturated carbocycles. The topological polar surface area (TPSA) is 103 Å². The number of amides is 1. The van der Waals surface area contributed by atoms with Crippen molar-refractivity contribution < 1.29 is 42.7 Å². The molecule has 0 aromatic heterocycles.